The summed E-state index contributed by atoms with van der Waals surface area (Å²) in [5.41, 5.74) is 0.724. The summed E-state index contributed by atoms with van der Waals surface area (Å²) >= 11 is 5.83. The van der Waals surface area contributed by atoms with Gasteiger partial charge in [0, 0.05) is 24.2 Å². The highest BCUT2D eigenvalue weighted by atomic mass is 35.5. The molecule has 1 unspecified atom stereocenters. The van der Waals surface area contributed by atoms with Crippen LogP contribution in [-0.2, 0) is 0 Å². The molecule has 0 heterocycles. The number of halogens is 2. The largest absolute Gasteiger partial charge is 0.387 e. The molecule has 0 bridgehead atoms. The van der Waals surface area contributed by atoms with Crippen LogP contribution in [0.4, 0.5) is 4.39 Å². The number of nitrogens with zero attached hydrogens (tertiary/aromatic N) is 1. The third-order valence-corrected chi connectivity index (χ3v) is 3.22. The Morgan fingerprint density at radius 1 is 1.44 bits per heavy atom. The highest BCUT2D eigenvalue weighted by Crippen LogP contribution is 2.29. The van der Waals surface area contributed by atoms with E-state index in [9.17, 15) is 9.50 Å². The number of aliphatic hydroxyl groups is 1. The second kappa shape index (κ2) is 5.83. The first-order chi connectivity index (χ1) is 8.56. The Morgan fingerprint density at radius 3 is 2.56 bits per heavy atom. The first kappa shape index (κ1) is 13.5. The van der Waals surface area contributed by atoms with Crippen molar-refractivity contribution in [1.29, 1.82) is 0 Å². The zero-order valence-corrected chi connectivity index (χ0v) is 10.9. The van der Waals surface area contributed by atoms with Crippen LogP contribution in [0.5, 0.6) is 0 Å². The van der Waals surface area contributed by atoms with E-state index in [1.54, 1.807) is 12.1 Å². The number of aliphatic hydroxyl groups excluding tert-OH is 1. The summed E-state index contributed by atoms with van der Waals surface area (Å²) in [6.07, 6.45) is 1.66. The van der Waals surface area contributed by atoms with Gasteiger partial charge >= 0.3 is 0 Å². The zero-order valence-electron chi connectivity index (χ0n) is 10.1. The molecule has 98 valence electrons. The molecule has 1 fully saturated rings. The second-order valence-electron chi connectivity index (χ2n) is 4.75. The second-order valence-corrected chi connectivity index (χ2v) is 5.28. The third-order valence-electron chi connectivity index (χ3n) is 3.10. The smallest absolute Gasteiger partial charge is 0.123 e. The molecule has 1 atom stereocenters. The van der Waals surface area contributed by atoms with Gasteiger partial charge in [-0.3, -0.25) is 4.90 Å². The van der Waals surface area contributed by atoms with E-state index in [1.807, 2.05) is 0 Å². The summed E-state index contributed by atoms with van der Waals surface area (Å²) in [7, 11) is 0. The van der Waals surface area contributed by atoms with Crippen molar-refractivity contribution in [3.8, 4) is 0 Å². The lowest BCUT2D eigenvalue weighted by atomic mass is 10.1. The van der Waals surface area contributed by atoms with Gasteiger partial charge in [0.05, 0.1) is 6.10 Å². The van der Waals surface area contributed by atoms with Gasteiger partial charge in [-0.2, -0.15) is 0 Å². The fourth-order valence-electron chi connectivity index (χ4n) is 2.02. The Morgan fingerprint density at radius 2 is 2.06 bits per heavy atom. The van der Waals surface area contributed by atoms with E-state index in [1.165, 1.54) is 12.1 Å². The van der Waals surface area contributed by atoms with Gasteiger partial charge in [-0.25, -0.2) is 4.39 Å². The number of hydrogen-bond donors (Lipinski definition) is 1. The maximum Gasteiger partial charge on any atom is 0.123 e. The lowest BCUT2D eigenvalue weighted by Gasteiger charge is -2.24. The SMILES string of the molecule is C=C(Cl)CN(CC(O)c1ccc(F)cc1)C1CC1. The van der Waals surface area contributed by atoms with E-state index < -0.39 is 6.10 Å². The molecule has 1 aliphatic carbocycles. The molecule has 0 aromatic heterocycles. The zero-order chi connectivity index (χ0) is 13.1. The summed E-state index contributed by atoms with van der Waals surface area (Å²) in [6, 6.07) is 6.44. The fourth-order valence-corrected chi connectivity index (χ4v) is 2.17. The minimum Gasteiger partial charge on any atom is -0.387 e. The van der Waals surface area contributed by atoms with Crippen LogP contribution in [0.1, 0.15) is 24.5 Å². The molecule has 2 rings (SSSR count). The van der Waals surface area contributed by atoms with Gasteiger partial charge in [0.15, 0.2) is 0 Å². The normalized spacial score (nSPS) is 16.9. The number of hydrogen-bond acceptors (Lipinski definition) is 2. The highest BCUT2D eigenvalue weighted by Gasteiger charge is 2.30. The molecule has 1 aliphatic rings. The van der Waals surface area contributed by atoms with Gasteiger partial charge in [0.25, 0.3) is 0 Å². The van der Waals surface area contributed by atoms with Crippen molar-refractivity contribution < 1.29 is 9.50 Å². The van der Waals surface area contributed by atoms with E-state index >= 15 is 0 Å². The Kier molecular flexibility index (Phi) is 4.38. The van der Waals surface area contributed by atoms with Crippen LogP contribution in [0.3, 0.4) is 0 Å². The van der Waals surface area contributed by atoms with Crippen LogP contribution in [0, 0.1) is 5.82 Å². The van der Waals surface area contributed by atoms with Gasteiger partial charge in [0.1, 0.15) is 5.82 Å². The third kappa shape index (κ3) is 3.80. The van der Waals surface area contributed by atoms with Crippen molar-refractivity contribution in [2.24, 2.45) is 0 Å². The molecule has 0 radical (unpaired) electrons. The van der Waals surface area contributed by atoms with Gasteiger partial charge < -0.3 is 5.11 Å². The number of benzene rings is 1. The molecule has 1 saturated carbocycles. The first-order valence-electron chi connectivity index (χ1n) is 6.07. The van der Waals surface area contributed by atoms with Crippen molar-refractivity contribution in [2.75, 3.05) is 13.1 Å². The van der Waals surface area contributed by atoms with Crippen molar-refractivity contribution in [2.45, 2.75) is 25.0 Å². The Balaban J connectivity index is 1.97. The molecule has 1 aromatic carbocycles. The molecule has 1 aromatic rings. The maximum atomic E-state index is 12.8. The average Bonchev–Trinajstić information content (AvgIpc) is 3.12. The fraction of sp³-hybridized carbons (Fsp3) is 0.429. The van der Waals surface area contributed by atoms with Crippen molar-refractivity contribution >= 4 is 11.6 Å². The summed E-state index contributed by atoms with van der Waals surface area (Å²) in [5.74, 6) is -0.292. The number of rotatable bonds is 6. The molecule has 4 heteroatoms. The van der Waals surface area contributed by atoms with Crippen molar-refractivity contribution in [1.82, 2.24) is 4.90 Å². The molecule has 0 amide bonds. The van der Waals surface area contributed by atoms with Gasteiger partial charge in [-0.1, -0.05) is 30.3 Å². The van der Waals surface area contributed by atoms with Crippen LogP contribution >= 0.6 is 11.6 Å². The molecular weight excluding hydrogens is 253 g/mol. The minimum atomic E-state index is -0.623. The van der Waals surface area contributed by atoms with Crippen molar-refractivity contribution in [3.05, 3.63) is 47.3 Å². The molecule has 1 N–H and O–H groups in total. The molecule has 0 saturated heterocycles. The Hall–Kier alpha value is -0.900. The molecular formula is C14H17ClFNO. The van der Waals surface area contributed by atoms with Crippen LogP contribution in [-0.4, -0.2) is 29.1 Å². The first-order valence-corrected chi connectivity index (χ1v) is 6.45. The molecule has 0 spiro atoms. The topological polar surface area (TPSA) is 23.5 Å². The van der Waals surface area contributed by atoms with E-state index in [0.717, 1.165) is 18.4 Å². The standard InChI is InChI=1S/C14H17ClFNO/c1-10(15)8-17(13-6-7-13)9-14(18)11-2-4-12(16)5-3-11/h2-5,13-14,18H,1,6-9H2. The quantitative estimate of drug-likeness (QED) is 0.858. The van der Waals surface area contributed by atoms with E-state index in [-0.39, 0.29) is 5.82 Å². The molecule has 0 aliphatic heterocycles. The Bertz CT molecular complexity index is 416. The predicted octanol–water partition coefficient (Wildman–Crippen LogP) is 3.08. The van der Waals surface area contributed by atoms with E-state index in [0.29, 0.717) is 24.2 Å². The van der Waals surface area contributed by atoms with Gasteiger partial charge in [-0.05, 0) is 30.5 Å². The van der Waals surface area contributed by atoms with Gasteiger partial charge in [0.2, 0.25) is 0 Å². The van der Waals surface area contributed by atoms with Crippen LogP contribution < -0.4 is 0 Å². The summed E-state index contributed by atoms with van der Waals surface area (Å²) in [5, 5.41) is 10.7. The van der Waals surface area contributed by atoms with E-state index in [4.69, 9.17) is 11.6 Å². The monoisotopic (exact) mass is 269 g/mol. The lowest BCUT2D eigenvalue weighted by molar-refractivity contribution is 0.115. The molecule has 2 nitrogen and oxygen atoms in total. The van der Waals surface area contributed by atoms with Crippen LogP contribution in [0.15, 0.2) is 35.9 Å². The maximum absolute atomic E-state index is 12.8. The van der Waals surface area contributed by atoms with Crippen molar-refractivity contribution in [3.63, 3.8) is 0 Å². The summed E-state index contributed by atoms with van der Waals surface area (Å²) < 4.78 is 12.8. The summed E-state index contributed by atoms with van der Waals surface area (Å²) in [4.78, 5) is 2.13. The lowest BCUT2D eigenvalue weighted by Crippen LogP contribution is -2.31. The minimum absolute atomic E-state index is 0.292. The van der Waals surface area contributed by atoms with Gasteiger partial charge in [-0.15, -0.1) is 0 Å². The highest BCUT2D eigenvalue weighted by molar-refractivity contribution is 6.29. The summed E-state index contributed by atoms with van der Waals surface area (Å²) in [6.45, 7) is 4.78. The predicted molar refractivity (Wildman–Crippen MR) is 70.9 cm³/mol. The average molecular weight is 270 g/mol. The molecule has 18 heavy (non-hydrogen) atoms. The van der Waals surface area contributed by atoms with Crippen LogP contribution in [0.2, 0.25) is 0 Å². The Labute approximate surface area is 112 Å². The van der Waals surface area contributed by atoms with E-state index in [2.05, 4.69) is 11.5 Å². The van der Waals surface area contributed by atoms with Crippen LogP contribution in [0.25, 0.3) is 0 Å².